The second-order valence-electron chi connectivity index (χ2n) is 14.4. The molecule has 0 radical (unpaired) electrons. The standard InChI is InChI=1S/C46H51N3O5S.Li/c1-33-13-11-12-18-39(33)41-27-36(21-24-40(41)44(51)48-42(45(52)53)25-26-55-4)29-49(30-43(50)47-32-46(2,3)37-16-9-6-10-17-37)28-34-19-22-38(23-20-34)54-31-35-14-7-5-8-15-35;/h5-24,27,42H,25-26,28-32H2,1-4H3,(H,47,50)(H,48,51)(H,52,53);/q;+1/p-1/t42-;/m0./s1. The summed E-state index contributed by atoms with van der Waals surface area (Å²) in [5.41, 5.74) is 6.76. The van der Waals surface area contributed by atoms with Gasteiger partial charge in [0.25, 0.3) is 5.91 Å². The number of thioether (sulfide) groups is 1. The third-order valence-corrected chi connectivity index (χ3v) is 10.2. The normalized spacial score (nSPS) is 11.7. The van der Waals surface area contributed by atoms with E-state index < -0.39 is 17.9 Å². The smallest absolute Gasteiger partial charge is 0.548 e. The fourth-order valence-electron chi connectivity index (χ4n) is 6.39. The van der Waals surface area contributed by atoms with Crippen LogP contribution in [0.2, 0.25) is 0 Å². The van der Waals surface area contributed by atoms with Gasteiger partial charge in [-0.05, 0) is 88.6 Å². The number of nitrogens with zero attached hydrogens (tertiary/aromatic N) is 1. The maximum absolute atomic E-state index is 13.7. The predicted molar refractivity (Wildman–Crippen MR) is 220 cm³/mol. The number of aliphatic carboxylic acids is 1. The predicted octanol–water partition coefficient (Wildman–Crippen LogP) is 3.94. The molecule has 0 aromatic heterocycles. The van der Waals surface area contributed by atoms with Crippen LogP contribution in [0.25, 0.3) is 11.1 Å². The first-order chi connectivity index (χ1) is 26.5. The first-order valence-corrected chi connectivity index (χ1v) is 19.9. The van der Waals surface area contributed by atoms with Crippen molar-refractivity contribution in [2.24, 2.45) is 0 Å². The summed E-state index contributed by atoms with van der Waals surface area (Å²) in [4.78, 5) is 41.3. The van der Waals surface area contributed by atoms with Gasteiger partial charge in [0, 0.05) is 30.6 Å². The first-order valence-electron chi connectivity index (χ1n) is 18.5. The van der Waals surface area contributed by atoms with Crippen LogP contribution >= 0.6 is 11.8 Å². The molecule has 56 heavy (non-hydrogen) atoms. The molecule has 0 spiro atoms. The Balaban J connectivity index is 0.00000696. The summed E-state index contributed by atoms with van der Waals surface area (Å²) >= 11 is 1.51. The topological polar surface area (TPSA) is 111 Å². The molecule has 1 atom stereocenters. The minimum absolute atomic E-state index is 0. The zero-order chi connectivity index (χ0) is 39.2. The monoisotopic (exact) mass is 763 g/mol. The van der Waals surface area contributed by atoms with Gasteiger partial charge < -0.3 is 25.3 Å². The van der Waals surface area contributed by atoms with Gasteiger partial charge in [-0.1, -0.05) is 117 Å². The van der Waals surface area contributed by atoms with Crippen molar-refractivity contribution in [1.82, 2.24) is 15.5 Å². The second kappa shape index (κ2) is 21.5. The van der Waals surface area contributed by atoms with Gasteiger partial charge in [0.15, 0.2) is 0 Å². The maximum Gasteiger partial charge on any atom is 1.00 e. The number of carboxylic acid groups (broad SMARTS) is 1. The molecule has 0 aliphatic carbocycles. The summed E-state index contributed by atoms with van der Waals surface area (Å²) in [6, 6.07) is 40.3. The molecule has 0 saturated heterocycles. The van der Waals surface area contributed by atoms with E-state index in [2.05, 4.69) is 41.5 Å². The van der Waals surface area contributed by atoms with Crippen molar-refractivity contribution in [1.29, 1.82) is 0 Å². The van der Waals surface area contributed by atoms with Gasteiger partial charge in [-0.15, -0.1) is 0 Å². The van der Waals surface area contributed by atoms with E-state index >= 15 is 0 Å². The summed E-state index contributed by atoms with van der Waals surface area (Å²) in [6.07, 6.45) is 2.14. The molecule has 2 amide bonds. The van der Waals surface area contributed by atoms with Crippen molar-refractivity contribution in [3.63, 3.8) is 0 Å². The van der Waals surface area contributed by atoms with E-state index in [1.165, 1.54) is 11.8 Å². The van der Waals surface area contributed by atoms with E-state index in [0.717, 1.165) is 39.1 Å². The fraction of sp³-hybridized carbons (Fsp3) is 0.283. The maximum atomic E-state index is 13.7. The van der Waals surface area contributed by atoms with Crippen LogP contribution in [0.1, 0.15) is 58.4 Å². The van der Waals surface area contributed by atoms with E-state index in [1.54, 1.807) is 6.07 Å². The molecular formula is C46H50LiN3O5S. The number of carbonyl (C=O) groups is 3. The van der Waals surface area contributed by atoms with Crippen LogP contribution < -0.4 is 39.3 Å². The van der Waals surface area contributed by atoms with Crippen molar-refractivity contribution in [3.8, 4) is 16.9 Å². The molecule has 0 heterocycles. The minimum Gasteiger partial charge on any atom is -0.548 e. The number of amides is 2. The van der Waals surface area contributed by atoms with Crippen LogP contribution in [0.15, 0.2) is 127 Å². The number of nitrogens with one attached hydrogen (secondary N) is 2. The van der Waals surface area contributed by atoms with Gasteiger partial charge >= 0.3 is 18.9 Å². The number of carboxylic acids is 1. The Kier molecular flexibility index (Phi) is 16.9. The summed E-state index contributed by atoms with van der Waals surface area (Å²) in [7, 11) is 0. The molecule has 5 aromatic rings. The zero-order valence-electron chi connectivity index (χ0n) is 33.0. The van der Waals surface area contributed by atoms with Crippen LogP contribution in [0.4, 0.5) is 0 Å². The largest absolute Gasteiger partial charge is 1.00 e. The summed E-state index contributed by atoms with van der Waals surface area (Å²) in [6.45, 7) is 8.19. The summed E-state index contributed by atoms with van der Waals surface area (Å²) < 4.78 is 6.02. The molecule has 0 aliphatic rings. The number of carbonyl (C=O) groups excluding carboxylic acids is 3. The second-order valence-corrected chi connectivity index (χ2v) is 15.4. The van der Waals surface area contributed by atoms with Crippen molar-refractivity contribution >= 4 is 29.5 Å². The van der Waals surface area contributed by atoms with Crippen molar-refractivity contribution < 1.29 is 43.1 Å². The summed E-state index contributed by atoms with van der Waals surface area (Å²) in [5.74, 6) is -0.564. The molecule has 0 fully saturated rings. The molecule has 0 bridgehead atoms. The Labute approximate surface area is 347 Å². The van der Waals surface area contributed by atoms with E-state index in [0.29, 0.717) is 43.1 Å². The SMILES string of the molecule is CSCC[C@H](NC(=O)c1ccc(CN(CC(=O)NCC(C)(C)c2ccccc2)Cc2ccc(OCc3ccccc3)cc2)cc1-c1ccccc1C)C(=O)[O-].[Li+]. The van der Waals surface area contributed by atoms with E-state index in [4.69, 9.17) is 4.74 Å². The number of ether oxygens (including phenoxy) is 1. The third kappa shape index (κ3) is 12.9. The molecule has 5 aromatic carbocycles. The van der Waals surface area contributed by atoms with Gasteiger partial charge in [-0.25, -0.2) is 0 Å². The van der Waals surface area contributed by atoms with Crippen LogP contribution in [0, 0.1) is 6.92 Å². The molecular weight excluding hydrogens is 714 g/mol. The van der Waals surface area contributed by atoms with Crippen LogP contribution in [0.5, 0.6) is 5.75 Å². The number of hydrogen-bond acceptors (Lipinski definition) is 7. The molecule has 10 heteroatoms. The molecule has 0 unspecified atom stereocenters. The van der Waals surface area contributed by atoms with Crippen LogP contribution in [-0.4, -0.2) is 53.8 Å². The Morgan fingerprint density at radius 1 is 0.786 bits per heavy atom. The van der Waals surface area contributed by atoms with E-state index in [1.807, 2.05) is 122 Å². The first kappa shape index (κ1) is 43.9. The van der Waals surface area contributed by atoms with Crippen molar-refractivity contribution in [2.45, 2.75) is 58.3 Å². The Bertz CT molecular complexity index is 2030. The van der Waals surface area contributed by atoms with Crippen LogP contribution in [-0.2, 0) is 34.7 Å². The molecule has 2 N–H and O–H groups in total. The van der Waals surface area contributed by atoms with Gasteiger partial charge in [-0.3, -0.25) is 14.5 Å². The molecule has 0 aliphatic heterocycles. The molecule has 0 saturated carbocycles. The number of hydrogen-bond donors (Lipinski definition) is 2. The van der Waals surface area contributed by atoms with E-state index in [9.17, 15) is 19.5 Å². The molecule has 286 valence electrons. The third-order valence-electron chi connectivity index (χ3n) is 9.60. The molecule has 8 nitrogen and oxygen atoms in total. The summed E-state index contributed by atoms with van der Waals surface area (Å²) in [5, 5.41) is 17.8. The van der Waals surface area contributed by atoms with Crippen LogP contribution in [0.3, 0.4) is 0 Å². The van der Waals surface area contributed by atoms with Gasteiger partial charge in [0.1, 0.15) is 12.4 Å². The number of rotatable bonds is 19. The van der Waals surface area contributed by atoms with Gasteiger partial charge in [0.2, 0.25) is 5.91 Å². The Morgan fingerprint density at radius 2 is 1.41 bits per heavy atom. The fourth-order valence-corrected chi connectivity index (χ4v) is 6.86. The number of aryl methyl sites for hydroxylation is 1. The minimum atomic E-state index is -1.31. The van der Waals surface area contributed by atoms with Gasteiger partial charge in [-0.2, -0.15) is 11.8 Å². The van der Waals surface area contributed by atoms with Crippen molar-refractivity contribution in [3.05, 3.63) is 161 Å². The van der Waals surface area contributed by atoms with Crippen molar-refractivity contribution in [2.75, 3.05) is 25.1 Å². The average Bonchev–Trinajstić information content (AvgIpc) is 3.19. The average molecular weight is 764 g/mol. The number of benzene rings is 5. The van der Waals surface area contributed by atoms with E-state index in [-0.39, 0.29) is 43.1 Å². The van der Waals surface area contributed by atoms with Gasteiger partial charge in [0.05, 0.1) is 18.6 Å². The zero-order valence-corrected chi connectivity index (χ0v) is 33.9. The Hall–Kier alpha value is -4.78. The quantitative estimate of drug-likeness (QED) is 0.123. The molecule has 5 rings (SSSR count). The Morgan fingerprint density at radius 3 is 2.07 bits per heavy atom.